The molecule has 1 aromatic carbocycles. The molecule has 0 amide bonds. The van der Waals surface area contributed by atoms with Gasteiger partial charge in [-0.05, 0) is 71.9 Å². The van der Waals surface area contributed by atoms with Crippen LogP contribution in [0.5, 0.6) is 0 Å². The molecule has 1 atom stereocenters. The third-order valence-corrected chi connectivity index (χ3v) is 4.30. The first kappa shape index (κ1) is 12.3. The van der Waals surface area contributed by atoms with Crippen LogP contribution >= 0.6 is 27.5 Å². The van der Waals surface area contributed by atoms with Crippen molar-refractivity contribution < 1.29 is 4.39 Å². The molecule has 1 saturated heterocycles. The molecule has 1 nitrogen and oxygen atoms in total. The second kappa shape index (κ2) is 5.48. The zero-order valence-corrected chi connectivity index (χ0v) is 11.2. The van der Waals surface area contributed by atoms with E-state index >= 15 is 0 Å². The molecule has 2 rings (SSSR count). The van der Waals surface area contributed by atoms with Gasteiger partial charge in [0.05, 0.1) is 9.50 Å². The molecular formula is C12H14BrClFN. The van der Waals surface area contributed by atoms with Gasteiger partial charge >= 0.3 is 0 Å². The van der Waals surface area contributed by atoms with E-state index in [0.717, 1.165) is 25.1 Å². The van der Waals surface area contributed by atoms with E-state index in [2.05, 4.69) is 21.2 Å². The molecule has 1 heterocycles. The molecule has 1 aromatic rings. The summed E-state index contributed by atoms with van der Waals surface area (Å²) in [6.45, 7) is 2.13. The van der Waals surface area contributed by atoms with Crippen LogP contribution < -0.4 is 5.32 Å². The number of rotatable bonds is 2. The molecule has 1 N–H and O–H groups in total. The Kier molecular flexibility index (Phi) is 4.22. The minimum atomic E-state index is -0.272. The molecule has 1 aliphatic heterocycles. The number of nitrogens with one attached hydrogen (secondary N) is 1. The average molecular weight is 307 g/mol. The smallest absolute Gasteiger partial charge is 0.139 e. The summed E-state index contributed by atoms with van der Waals surface area (Å²) in [6.07, 6.45) is 3.32. The molecule has 1 unspecified atom stereocenters. The van der Waals surface area contributed by atoms with Gasteiger partial charge in [-0.1, -0.05) is 11.6 Å². The SMILES string of the molecule is Fc1cc(CC2CCCNC2)cc(Cl)c1Br. The van der Waals surface area contributed by atoms with E-state index in [4.69, 9.17) is 11.6 Å². The maximum Gasteiger partial charge on any atom is 0.139 e. The van der Waals surface area contributed by atoms with Crippen molar-refractivity contribution in [2.45, 2.75) is 19.3 Å². The average Bonchev–Trinajstić information content (AvgIpc) is 2.27. The molecule has 1 fully saturated rings. The maximum absolute atomic E-state index is 13.4. The topological polar surface area (TPSA) is 12.0 Å². The van der Waals surface area contributed by atoms with E-state index in [-0.39, 0.29) is 5.82 Å². The first-order valence-electron chi connectivity index (χ1n) is 5.51. The second-order valence-electron chi connectivity index (χ2n) is 4.29. The molecular weight excluding hydrogens is 292 g/mol. The van der Waals surface area contributed by atoms with Crippen LogP contribution in [0.4, 0.5) is 4.39 Å². The number of piperidine rings is 1. The lowest BCUT2D eigenvalue weighted by Gasteiger charge is -2.22. The highest BCUT2D eigenvalue weighted by Gasteiger charge is 2.15. The van der Waals surface area contributed by atoms with Crippen molar-refractivity contribution in [3.05, 3.63) is 33.0 Å². The van der Waals surface area contributed by atoms with E-state index in [1.54, 1.807) is 6.07 Å². The Hall–Kier alpha value is -0.120. The number of hydrogen-bond acceptors (Lipinski definition) is 1. The lowest BCUT2D eigenvalue weighted by Crippen LogP contribution is -2.30. The summed E-state index contributed by atoms with van der Waals surface area (Å²) in [4.78, 5) is 0. The summed E-state index contributed by atoms with van der Waals surface area (Å²) >= 11 is 9.05. The zero-order valence-electron chi connectivity index (χ0n) is 8.90. The van der Waals surface area contributed by atoms with Crippen molar-refractivity contribution in [2.75, 3.05) is 13.1 Å². The monoisotopic (exact) mass is 305 g/mol. The fraction of sp³-hybridized carbons (Fsp3) is 0.500. The first-order chi connectivity index (χ1) is 7.66. The molecule has 0 spiro atoms. The largest absolute Gasteiger partial charge is 0.316 e. The van der Waals surface area contributed by atoms with Gasteiger partial charge in [0.2, 0.25) is 0 Å². The summed E-state index contributed by atoms with van der Waals surface area (Å²) < 4.78 is 13.8. The molecule has 88 valence electrons. The summed E-state index contributed by atoms with van der Waals surface area (Å²) in [5.74, 6) is 0.330. The minimum Gasteiger partial charge on any atom is -0.316 e. The van der Waals surface area contributed by atoms with Crippen LogP contribution in [0.2, 0.25) is 5.02 Å². The molecule has 0 aromatic heterocycles. The summed E-state index contributed by atoms with van der Waals surface area (Å²) in [7, 11) is 0. The van der Waals surface area contributed by atoms with Gasteiger partial charge in [0.25, 0.3) is 0 Å². The van der Waals surface area contributed by atoms with Gasteiger partial charge in [-0.15, -0.1) is 0 Å². The molecule has 0 saturated carbocycles. The number of benzene rings is 1. The molecule has 0 bridgehead atoms. The Labute approximate surface area is 109 Å². The van der Waals surface area contributed by atoms with E-state index in [0.29, 0.717) is 15.4 Å². The van der Waals surface area contributed by atoms with Gasteiger partial charge < -0.3 is 5.32 Å². The van der Waals surface area contributed by atoms with Crippen LogP contribution in [0.15, 0.2) is 16.6 Å². The van der Waals surface area contributed by atoms with Gasteiger partial charge in [-0.2, -0.15) is 0 Å². The van der Waals surface area contributed by atoms with E-state index in [1.165, 1.54) is 12.8 Å². The van der Waals surface area contributed by atoms with Crippen LogP contribution in [-0.2, 0) is 6.42 Å². The quantitative estimate of drug-likeness (QED) is 0.820. The van der Waals surface area contributed by atoms with Crippen molar-refractivity contribution >= 4 is 27.5 Å². The Bertz CT molecular complexity index is 354. The minimum absolute atomic E-state index is 0.272. The fourth-order valence-electron chi connectivity index (χ4n) is 2.16. The molecule has 0 radical (unpaired) electrons. The Morgan fingerprint density at radius 2 is 2.31 bits per heavy atom. The predicted molar refractivity (Wildman–Crippen MR) is 68.4 cm³/mol. The Morgan fingerprint density at radius 1 is 1.50 bits per heavy atom. The molecule has 16 heavy (non-hydrogen) atoms. The summed E-state index contributed by atoms with van der Waals surface area (Å²) in [5, 5.41) is 3.82. The summed E-state index contributed by atoms with van der Waals surface area (Å²) in [5.41, 5.74) is 0.986. The van der Waals surface area contributed by atoms with Crippen molar-refractivity contribution in [3.8, 4) is 0 Å². The Balaban J connectivity index is 2.09. The van der Waals surface area contributed by atoms with Crippen LogP contribution in [-0.4, -0.2) is 13.1 Å². The standard InChI is InChI=1S/C12H14BrClFN/c13-12-10(14)5-9(6-11(12)15)4-8-2-1-3-16-7-8/h5-6,8,16H,1-4,7H2. The fourth-order valence-corrected chi connectivity index (χ4v) is 2.62. The van der Waals surface area contributed by atoms with Gasteiger partial charge in [0.1, 0.15) is 5.82 Å². The van der Waals surface area contributed by atoms with Gasteiger partial charge in [-0.25, -0.2) is 4.39 Å². The highest BCUT2D eigenvalue weighted by Crippen LogP contribution is 2.28. The number of hydrogen-bond donors (Lipinski definition) is 1. The first-order valence-corrected chi connectivity index (χ1v) is 6.68. The zero-order chi connectivity index (χ0) is 11.5. The second-order valence-corrected chi connectivity index (χ2v) is 5.49. The van der Waals surface area contributed by atoms with Crippen molar-refractivity contribution in [1.29, 1.82) is 0 Å². The van der Waals surface area contributed by atoms with Crippen molar-refractivity contribution in [1.82, 2.24) is 5.32 Å². The molecule has 0 aliphatic carbocycles. The highest BCUT2D eigenvalue weighted by atomic mass is 79.9. The van der Waals surface area contributed by atoms with Crippen LogP contribution in [0.25, 0.3) is 0 Å². The normalized spacial score (nSPS) is 21.1. The molecule has 4 heteroatoms. The van der Waals surface area contributed by atoms with Crippen LogP contribution in [0.3, 0.4) is 0 Å². The lowest BCUT2D eigenvalue weighted by atomic mass is 9.92. The third kappa shape index (κ3) is 2.96. The van der Waals surface area contributed by atoms with Crippen molar-refractivity contribution in [3.63, 3.8) is 0 Å². The van der Waals surface area contributed by atoms with Crippen molar-refractivity contribution in [2.24, 2.45) is 5.92 Å². The van der Waals surface area contributed by atoms with Gasteiger partial charge in [-0.3, -0.25) is 0 Å². The highest BCUT2D eigenvalue weighted by molar-refractivity contribution is 9.10. The third-order valence-electron chi connectivity index (χ3n) is 2.97. The van der Waals surface area contributed by atoms with Gasteiger partial charge in [0, 0.05) is 0 Å². The number of halogens is 3. The predicted octanol–water partition coefficient (Wildman–Crippen LogP) is 3.78. The lowest BCUT2D eigenvalue weighted by molar-refractivity contribution is 0.375. The van der Waals surface area contributed by atoms with Crippen LogP contribution in [0, 0.1) is 11.7 Å². The van der Waals surface area contributed by atoms with E-state index in [1.807, 2.05) is 6.07 Å². The van der Waals surface area contributed by atoms with E-state index < -0.39 is 0 Å². The maximum atomic E-state index is 13.4. The Morgan fingerprint density at radius 3 is 2.94 bits per heavy atom. The summed E-state index contributed by atoms with van der Waals surface area (Å²) in [6, 6.07) is 3.42. The molecule has 1 aliphatic rings. The van der Waals surface area contributed by atoms with Crippen LogP contribution in [0.1, 0.15) is 18.4 Å². The van der Waals surface area contributed by atoms with E-state index in [9.17, 15) is 4.39 Å². The van der Waals surface area contributed by atoms with Gasteiger partial charge in [0.15, 0.2) is 0 Å².